The van der Waals surface area contributed by atoms with E-state index in [-0.39, 0.29) is 17.7 Å². The van der Waals surface area contributed by atoms with Crippen molar-refractivity contribution in [3.05, 3.63) is 10.6 Å². The van der Waals surface area contributed by atoms with Crippen LogP contribution in [-0.4, -0.2) is 56.5 Å². The van der Waals surface area contributed by atoms with Crippen molar-refractivity contribution in [2.24, 2.45) is 5.92 Å². The van der Waals surface area contributed by atoms with E-state index >= 15 is 0 Å². The summed E-state index contributed by atoms with van der Waals surface area (Å²) >= 11 is 1.21. The number of hydrogen-bond acceptors (Lipinski definition) is 7. The number of carboxylic acids is 1. The molecule has 4 atom stereocenters. The molecule has 3 N–H and O–H groups in total. The Morgan fingerprint density at radius 1 is 1.53 bits per heavy atom. The lowest BCUT2D eigenvalue weighted by Crippen LogP contribution is -2.63. The normalized spacial score (nSPS) is 30.7. The molecule has 2 aliphatic rings. The molecule has 19 heavy (non-hydrogen) atoms. The summed E-state index contributed by atoms with van der Waals surface area (Å²) in [5, 5.41) is 28.3. The quantitative estimate of drug-likeness (QED) is 0.597. The molecular formula is C11H15NO6S. The van der Waals surface area contributed by atoms with Crippen LogP contribution in [0.2, 0.25) is 0 Å². The van der Waals surface area contributed by atoms with Gasteiger partial charge >= 0.3 is 11.9 Å². The number of hydrogen-bond donors (Lipinski definition) is 3. The van der Waals surface area contributed by atoms with Gasteiger partial charge in [-0.2, -0.15) is 0 Å². The van der Waals surface area contributed by atoms with Crippen LogP contribution in [0.4, 0.5) is 0 Å². The molecule has 8 heteroatoms. The number of carbonyl (C=O) groups excluding carboxylic acids is 1. The first kappa shape index (κ1) is 14.2. The second kappa shape index (κ2) is 5.03. The minimum absolute atomic E-state index is 0.0550. The van der Waals surface area contributed by atoms with Crippen molar-refractivity contribution in [3.63, 3.8) is 0 Å². The molecule has 2 rings (SSSR count). The van der Waals surface area contributed by atoms with Crippen molar-refractivity contribution in [2.45, 2.75) is 31.6 Å². The Morgan fingerprint density at radius 3 is 2.63 bits per heavy atom. The molecule has 7 nitrogen and oxygen atoms in total. The lowest BCUT2D eigenvalue weighted by Gasteiger charge is -2.50. The Morgan fingerprint density at radius 2 is 2.16 bits per heavy atom. The molecule has 0 aliphatic carbocycles. The molecule has 2 unspecified atom stereocenters. The number of fused-ring (bicyclic) bond motifs is 1. The van der Waals surface area contributed by atoms with E-state index < -0.39 is 30.2 Å². The first-order chi connectivity index (χ1) is 8.84. The number of carboxylic acid groups (broad SMARTS) is 1. The summed E-state index contributed by atoms with van der Waals surface area (Å²) in [6.07, 6.45) is -1.77. The van der Waals surface area contributed by atoms with Gasteiger partial charge in [0.25, 0.3) is 0 Å². The molecule has 0 radical (unpaired) electrons. The first-order valence-electron chi connectivity index (χ1n) is 5.75. The fraction of sp³-hybridized carbons (Fsp3) is 0.636. The zero-order chi connectivity index (χ0) is 14.3. The van der Waals surface area contributed by atoms with Crippen LogP contribution in [0.1, 0.15) is 13.8 Å². The monoisotopic (exact) mass is 289 g/mol. The van der Waals surface area contributed by atoms with E-state index in [1.54, 1.807) is 6.92 Å². The van der Waals surface area contributed by atoms with Crippen LogP contribution >= 0.6 is 11.8 Å². The van der Waals surface area contributed by atoms with E-state index in [9.17, 15) is 24.9 Å². The number of esters is 1. The summed E-state index contributed by atoms with van der Waals surface area (Å²) in [6, 6.07) is 0. The number of rotatable bonds is 4. The fourth-order valence-corrected chi connectivity index (χ4v) is 3.89. The fourth-order valence-electron chi connectivity index (χ4n) is 2.29. The van der Waals surface area contributed by atoms with Gasteiger partial charge in [0.05, 0.1) is 22.3 Å². The Kier molecular flexibility index (Phi) is 3.75. The van der Waals surface area contributed by atoms with Crippen LogP contribution in [0, 0.1) is 5.92 Å². The molecule has 0 amide bonds. The van der Waals surface area contributed by atoms with Gasteiger partial charge in [0.15, 0.2) is 0 Å². The summed E-state index contributed by atoms with van der Waals surface area (Å²) in [5.74, 6) is -2.10. The molecule has 1 fully saturated rings. The van der Waals surface area contributed by atoms with E-state index in [0.29, 0.717) is 4.91 Å². The number of aliphatic carboxylic acids is 1. The summed E-state index contributed by atoms with van der Waals surface area (Å²) in [5.41, 5.74) is -0.0550. The number of carbonyl (C=O) groups is 2. The molecule has 2 heterocycles. The smallest absolute Gasteiger partial charge is 0.353 e. The summed E-state index contributed by atoms with van der Waals surface area (Å²) in [6.45, 7) is 2.66. The van der Waals surface area contributed by atoms with Gasteiger partial charge in [-0.15, -0.1) is 0 Å². The SMILES string of the molecule is CC(=O)OCC1=C(C(=O)O)N2C(O)[C@H]([C@@H](C)O)C2S1. The second-order valence-electron chi connectivity index (χ2n) is 4.50. The average Bonchev–Trinajstić information content (AvgIpc) is 2.60. The van der Waals surface area contributed by atoms with Gasteiger partial charge in [-0.25, -0.2) is 4.79 Å². The first-order valence-corrected chi connectivity index (χ1v) is 6.63. The Balaban J connectivity index is 2.19. The van der Waals surface area contributed by atoms with Crippen LogP contribution in [0.3, 0.4) is 0 Å². The predicted octanol–water partition coefficient (Wildman–Crippen LogP) is -0.450. The molecule has 0 spiro atoms. The summed E-state index contributed by atoms with van der Waals surface area (Å²) in [4.78, 5) is 23.8. The third-order valence-corrected chi connectivity index (χ3v) is 4.56. The van der Waals surface area contributed by atoms with E-state index in [2.05, 4.69) is 0 Å². The zero-order valence-corrected chi connectivity index (χ0v) is 11.3. The Labute approximate surface area is 113 Å². The zero-order valence-electron chi connectivity index (χ0n) is 10.4. The van der Waals surface area contributed by atoms with Gasteiger partial charge in [-0.05, 0) is 6.92 Å². The number of nitrogens with zero attached hydrogens (tertiary/aromatic N) is 1. The maximum Gasteiger partial charge on any atom is 0.353 e. The van der Waals surface area contributed by atoms with Crippen LogP contribution in [-0.2, 0) is 14.3 Å². The molecular weight excluding hydrogens is 274 g/mol. The van der Waals surface area contributed by atoms with Crippen molar-refractivity contribution < 1.29 is 29.6 Å². The molecule has 0 aromatic rings. The minimum atomic E-state index is -1.18. The molecule has 1 saturated heterocycles. The molecule has 2 aliphatic heterocycles. The van der Waals surface area contributed by atoms with Crippen molar-refractivity contribution in [2.75, 3.05) is 6.61 Å². The number of aliphatic hydroxyl groups excluding tert-OH is 2. The lowest BCUT2D eigenvalue weighted by molar-refractivity contribution is -0.167. The van der Waals surface area contributed by atoms with E-state index in [4.69, 9.17) is 4.74 Å². The van der Waals surface area contributed by atoms with Crippen LogP contribution in [0.25, 0.3) is 0 Å². The van der Waals surface area contributed by atoms with Gasteiger partial charge < -0.3 is 25.0 Å². The van der Waals surface area contributed by atoms with E-state index in [1.807, 2.05) is 0 Å². The highest BCUT2D eigenvalue weighted by Crippen LogP contribution is 2.52. The van der Waals surface area contributed by atoms with E-state index in [0.717, 1.165) is 0 Å². The maximum absolute atomic E-state index is 11.2. The lowest BCUT2D eigenvalue weighted by atomic mass is 9.91. The highest BCUT2D eigenvalue weighted by atomic mass is 32.2. The van der Waals surface area contributed by atoms with Crippen LogP contribution in [0.15, 0.2) is 10.6 Å². The van der Waals surface area contributed by atoms with Crippen molar-refractivity contribution in [1.82, 2.24) is 4.90 Å². The molecule has 0 saturated carbocycles. The van der Waals surface area contributed by atoms with Gasteiger partial charge in [-0.3, -0.25) is 4.79 Å². The standard InChI is InChI=1S/C11H15NO6S/c1-4(13)7-9(15)12-8(11(16)17)6(19-10(7)12)3-18-5(2)14/h4,7,9-10,13,15H,3H2,1-2H3,(H,16,17)/t4-,7+,9?,10?/m1/s1. The Hall–Kier alpha value is -1.25. The van der Waals surface area contributed by atoms with Gasteiger partial charge in [-0.1, -0.05) is 11.8 Å². The summed E-state index contributed by atoms with van der Waals surface area (Å²) in [7, 11) is 0. The molecule has 0 bridgehead atoms. The maximum atomic E-state index is 11.2. The van der Waals surface area contributed by atoms with Crippen LogP contribution < -0.4 is 0 Å². The minimum Gasteiger partial charge on any atom is -0.477 e. The highest BCUT2D eigenvalue weighted by Gasteiger charge is 2.57. The van der Waals surface area contributed by atoms with Crippen molar-refractivity contribution in [3.8, 4) is 0 Å². The van der Waals surface area contributed by atoms with Crippen molar-refractivity contribution >= 4 is 23.7 Å². The van der Waals surface area contributed by atoms with Crippen molar-refractivity contribution in [1.29, 1.82) is 0 Å². The number of ether oxygens (including phenoxy) is 1. The topological polar surface area (TPSA) is 107 Å². The largest absolute Gasteiger partial charge is 0.477 e. The molecule has 106 valence electrons. The highest BCUT2D eigenvalue weighted by molar-refractivity contribution is 8.04. The predicted molar refractivity (Wildman–Crippen MR) is 65.7 cm³/mol. The Bertz CT molecular complexity index is 448. The second-order valence-corrected chi connectivity index (χ2v) is 5.72. The van der Waals surface area contributed by atoms with Crippen LogP contribution in [0.5, 0.6) is 0 Å². The third kappa shape index (κ3) is 2.31. The van der Waals surface area contributed by atoms with Gasteiger partial charge in [0.2, 0.25) is 0 Å². The average molecular weight is 289 g/mol. The van der Waals surface area contributed by atoms with E-state index in [1.165, 1.54) is 23.6 Å². The molecule has 0 aromatic carbocycles. The number of aliphatic hydroxyl groups is 2. The molecule has 0 aromatic heterocycles. The van der Waals surface area contributed by atoms with Gasteiger partial charge in [0.1, 0.15) is 18.5 Å². The number of thioether (sulfide) groups is 1. The summed E-state index contributed by atoms with van der Waals surface area (Å²) < 4.78 is 4.81. The third-order valence-electron chi connectivity index (χ3n) is 3.18. The van der Waals surface area contributed by atoms with Gasteiger partial charge in [0, 0.05) is 6.92 Å².